The average Bonchev–Trinajstić information content (AvgIpc) is 2.32. The first kappa shape index (κ1) is 14.4. The van der Waals surface area contributed by atoms with Crippen LogP contribution in [0.3, 0.4) is 0 Å². The first-order valence-electron chi connectivity index (χ1n) is 5.45. The van der Waals surface area contributed by atoms with Crippen LogP contribution < -0.4 is 0 Å². The van der Waals surface area contributed by atoms with Gasteiger partial charge in [-0.1, -0.05) is 17.7 Å². The van der Waals surface area contributed by atoms with E-state index in [0.717, 1.165) is 0 Å². The van der Waals surface area contributed by atoms with Crippen LogP contribution in [-0.4, -0.2) is 24.1 Å². The summed E-state index contributed by atoms with van der Waals surface area (Å²) in [6, 6.07) is 4.82. The standard InChI is InChI=1S/C13H13ClO4/c1-3-18-13(17)12(16)7-11(15)10-6-9(14)5-4-8(10)2/h4-6H,3,7H2,1-2H3. The summed E-state index contributed by atoms with van der Waals surface area (Å²) < 4.78 is 4.53. The Balaban J connectivity index is 2.80. The highest BCUT2D eigenvalue weighted by atomic mass is 35.5. The van der Waals surface area contributed by atoms with Crippen LogP contribution >= 0.6 is 11.6 Å². The molecule has 0 fully saturated rings. The summed E-state index contributed by atoms with van der Waals surface area (Å²) in [5.41, 5.74) is 1.06. The SMILES string of the molecule is CCOC(=O)C(=O)CC(=O)c1cc(Cl)ccc1C. The molecule has 96 valence electrons. The van der Waals surface area contributed by atoms with Gasteiger partial charge in [0.2, 0.25) is 5.78 Å². The zero-order valence-electron chi connectivity index (χ0n) is 10.2. The summed E-state index contributed by atoms with van der Waals surface area (Å²) in [6.45, 7) is 3.43. The highest BCUT2D eigenvalue weighted by Gasteiger charge is 2.21. The molecule has 1 rings (SSSR count). The van der Waals surface area contributed by atoms with Gasteiger partial charge in [-0.05, 0) is 31.5 Å². The lowest BCUT2D eigenvalue weighted by molar-refractivity contribution is -0.153. The quantitative estimate of drug-likeness (QED) is 0.356. The lowest BCUT2D eigenvalue weighted by Gasteiger charge is -2.05. The Kier molecular flexibility index (Phi) is 5.04. The van der Waals surface area contributed by atoms with Crippen LogP contribution in [0.1, 0.15) is 29.3 Å². The smallest absolute Gasteiger partial charge is 0.375 e. The number of aryl methyl sites for hydroxylation is 1. The van der Waals surface area contributed by atoms with Crippen LogP contribution in [0.25, 0.3) is 0 Å². The molecule has 1 aromatic carbocycles. The van der Waals surface area contributed by atoms with Crippen LogP contribution in [0.15, 0.2) is 18.2 Å². The Morgan fingerprint density at radius 3 is 2.56 bits per heavy atom. The fraction of sp³-hybridized carbons (Fsp3) is 0.308. The second-order valence-corrected chi connectivity index (χ2v) is 4.14. The van der Waals surface area contributed by atoms with Crippen LogP contribution in [0.4, 0.5) is 0 Å². The van der Waals surface area contributed by atoms with Gasteiger partial charge in [0.25, 0.3) is 0 Å². The van der Waals surface area contributed by atoms with E-state index in [1.807, 2.05) is 0 Å². The fourth-order valence-corrected chi connectivity index (χ4v) is 1.59. The van der Waals surface area contributed by atoms with Gasteiger partial charge in [0.1, 0.15) is 0 Å². The summed E-state index contributed by atoms with van der Waals surface area (Å²) >= 11 is 5.78. The number of rotatable bonds is 5. The molecular weight excluding hydrogens is 256 g/mol. The van der Waals surface area contributed by atoms with Gasteiger partial charge >= 0.3 is 5.97 Å². The molecule has 0 amide bonds. The van der Waals surface area contributed by atoms with Gasteiger partial charge in [-0.15, -0.1) is 0 Å². The molecule has 0 aliphatic carbocycles. The first-order chi connectivity index (χ1) is 8.45. The third kappa shape index (κ3) is 3.67. The molecule has 0 bridgehead atoms. The van der Waals surface area contributed by atoms with Crippen molar-refractivity contribution in [3.63, 3.8) is 0 Å². The number of ketones is 2. The van der Waals surface area contributed by atoms with Crippen molar-refractivity contribution in [2.24, 2.45) is 0 Å². The molecule has 0 heterocycles. The number of carbonyl (C=O) groups is 3. The maximum atomic E-state index is 11.8. The molecule has 5 heteroatoms. The predicted octanol–water partition coefficient (Wildman–Crippen LogP) is 2.35. The predicted molar refractivity (Wildman–Crippen MR) is 66.8 cm³/mol. The molecular formula is C13H13ClO4. The Morgan fingerprint density at radius 1 is 1.28 bits per heavy atom. The van der Waals surface area contributed by atoms with Crippen LogP contribution in [-0.2, 0) is 14.3 Å². The molecule has 4 nitrogen and oxygen atoms in total. The number of hydrogen-bond donors (Lipinski definition) is 0. The van der Waals surface area contributed by atoms with Gasteiger partial charge < -0.3 is 4.74 Å². The highest BCUT2D eigenvalue weighted by molar-refractivity contribution is 6.38. The topological polar surface area (TPSA) is 60.4 Å². The number of halogens is 1. The Bertz CT molecular complexity index is 494. The fourth-order valence-electron chi connectivity index (χ4n) is 1.42. The zero-order valence-corrected chi connectivity index (χ0v) is 10.9. The monoisotopic (exact) mass is 268 g/mol. The van der Waals surface area contributed by atoms with E-state index in [-0.39, 0.29) is 6.61 Å². The normalized spacial score (nSPS) is 9.94. The van der Waals surface area contributed by atoms with Crippen molar-refractivity contribution >= 4 is 29.1 Å². The largest absolute Gasteiger partial charge is 0.460 e. The van der Waals surface area contributed by atoms with Gasteiger partial charge in [-0.25, -0.2) is 4.79 Å². The molecule has 0 aliphatic heterocycles. The molecule has 1 aromatic rings. The molecule has 18 heavy (non-hydrogen) atoms. The molecule has 0 saturated heterocycles. The summed E-state index contributed by atoms with van der Waals surface area (Å²) in [5.74, 6) is -2.26. The maximum Gasteiger partial charge on any atom is 0.375 e. The van der Waals surface area contributed by atoms with E-state index in [1.54, 1.807) is 26.0 Å². The van der Waals surface area contributed by atoms with Crippen LogP contribution in [0.2, 0.25) is 5.02 Å². The van der Waals surface area contributed by atoms with E-state index < -0.39 is 24.0 Å². The number of benzene rings is 1. The van der Waals surface area contributed by atoms with E-state index in [1.165, 1.54) is 6.07 Å². The van der Waals surface area contributed by atoms with E-state index in [2.05, 4.69) is 4.74 Å². The minimum atomic E-state index is -0.981. The summed E-state index contributed by atoms with van der Waals surface area (Å²) in [5, 5.41) is 0.410. The summed E-state index contributed by atoms with van der Waals surface area (Å²) in [4.78, 5) is 34.3. The molecule has 0 N–H and O–H groups in total. The minimum Gasteiger partial charge on any atom is -0.460 e. The second-order valence-electron chi connectivity index (χ2n) is 3.70. The molecule has 0 saturated carbocycles. The van der Waals surface area contributed by atoms with Gasteiger partial charge in [-0.2, -0.15) is 0 Å². The van der Waals surface area contributed by atoms with Crippen molar-refractivity contribution in [1.29, 1.82) is 0 Å². The Hall–Kier alpha value is -1.68. The van der Waals surface area contributed by atoms with Gasteiger partial charge in [0.05, 0.1) is 13.0 Å². The van der Waals surface area contributed by atoms with Crippen molar-refractivity contribution in [3.05, 3.63) is 34.3 Å². The summed E-state index contributed by atoms with van der Waals surface area (Å²) in [7, 11) is 0. The van der Waals surface area contributed by atoms with Gasteiger partial charge in [0, 0.05) is 10.6 Å². The van der Waals surface area contributed by atoms with E-state index in [4.69, 9.17) is 11.6 Å². The zero-order chi connectivity index (χ0) is 13.7. The number of Topliss-reactive ketones (excluding diaryl/α,β-unsaturated/α-hetero) is 2. The minimum absolute atomic E-state index is 0.106. The Labute approximate surface area is 110 Å². The number of carbonyl (C=O) groups excluding carboxylic acids is 3. The first-order valence-corrected chi connectivity index (χ1v) is 5.82. The molecule has 0 atom stereocenters. The summed E-state index contributed by atoms with van der Waals surface area (Å²) in [6.07, 6.45) is -0.500. The van der Waals surface area contributed by atoms with E-state index in [9.17, 15) is 14.4 Å². The number of hydrogen-bond acceptors (Lipinski definition) is 4. The Morgan fingerprint density at radius 2 is 1.94 bits per heavy atom. The van der Waals surface area contributed by atoms with Crippen LogP contribution in [0, 0.1) is 6.92 Å². The van der Waals surface area contributed by atoms with Crippen molar-refractivity contribution < 1.29 is 19.1 Å². The molecule has 0 spiro atoms. The molecule has 0 aromatic heterocycles. The third-order valence-corrected chi connectivity index (χ3v) is 2.56. The lowest BCUT2D eigenvalue weighted by Crippen LogP contribution is -2.21. The van der Waals surface area contributed by atoms with Gasteiger partial charge in [0.15, 0.2) is 5.78 Å². The lowest BCUT2D eigenvalue weighted by atomic mass is 10.0. The molecule has 0 aliphatic rings. The number of esters is 1. The second kappa shape index (κ2) is 6.31. The van der Waals surface area contributed by atoms with Crippen molar-refractivity contribution in [2.75, 3.05) is 6.61 Å². The van der Waals surface area contributed by atoms with E-state index >= 15 is 0 Å². The highest BCUT2D eigenvalue weighted by Crippen LogP contribution is 2.17. The van der Waals surface area contributed by atoms with Crippen LogP contribution in [0.5, 0.6) is 0 Å². The van der Waals surface area contributed by atoms with Crippen molar-refractivity contribution in [1.82, 2.24) is 0 Å². The van der Waals surface area contributed by atoms with Crippen molar-refractivity contribution in [3.8, 4) is 0 Å². The van der Waals surface area contributed by atoms with E-state index in [0.29, 0.717) is 16.1 Å². The molecule has 0 radical (unpaired) electrons. The molecule has 0 unspecified atom stereocenters. The van der Waals surface area contributed by atoms with Gasteiger partial charge in [-0.3, -0.25) is 9.59 Å². The maximum absolute atomic E-state index is 11.8. The average molecular weight is 269 g/mol. The number of ether oxygens (including phenoxy) is 1. The van der Waals surface area contributed by atoms with Crippen molar-refractivity contribution in [2.45, 2.75) is 20.3 Å². The third-order valence-electron chi connectivity index (χ3n) is 2.32.